The van der Waals surface area contributed by atoms with Gasteiger partial charge >= 0.3 is 0 Å². The molecule has 4 heteroatoms. The molecule has 0 aromatic carbocycles. The van der Waals surface area contributed by atoms with E-state index in [0.29, 0.717) is 0 Å². The number of rotatable bonds is 0. The lowest BCUT2D eigenvalue weighted by atomic mass is 10.6. The Morgan fingerprint density at radius 3 is 2.86 bits per heavy atom. The van der Waals surface area contributed by atoms with E-state index in [1.807, 2.05) is 6.92 Å². The molecule has 0 spiro atoms. The summed E-state index contributed by atoms with van der Waals surface area (Å²) in [4.78, 5) is 0. The molecule has 0 fully saturated rings. The molecule has 7 heavy (non-hydrogen) atoms. The van der Waals surface area contributed by atoms with Crippen molar-refractivity contribution in [2.24, 2.45) is 10.3 Å². The fourth-order valence-electron chi connectivity index (χ4n) is 0.290. The van der Waals surface area contributed by atoms with E-state index in [4.69, 9.17) is 0 Å². The van der Waals surface area contributed by atoms with Crippen LogP contribution in [0.3, 0.4) is 0 Å². The second kappa shape index (κ2) is 1.59. The topological polar surface area (TPSA) is 48.8 Å². The molecular weight excluding hydrogens is 92.1 g/mol. The first-order valence-corrected chi connectivity index (χ1v) is 1.97. The molecule has 0 atom stereocenters. The van der Waals surface area contributed by atoms with Gasteiger partial charge in [0.2, 0.25) is 0 Å². The molecule has 0 aromatic rings. The van der Waals surface area contributed by atoms with Gasteiger partial charge in [0.05, 0.1) is 11.9 Å². The zero-order valence-corrected chi connectivity index (χ0v) is 3.97. The smallest absolute Gasteiger partial charge is 0.0719 e. The number of hydrogen-bond donors (Lipinski definition) is 2. The summed E-state index contributed by atoms with van der Waals surface area (Å²) in [7, 11) is 0. The van der Waals surface area contributed by atoms with Crippen molar-refractivity contribution in [2.45, 2.75) is 6.92 Å². The first-order valence-electron chi connectivity index (χ1n) is 1.97. The van der Waals surface area contributed by atoms with Gasteiger partial charge in [-0.1, -0.05) is 5.22 Å². The molecule has 38 valence electrons. The van der Waals surface area contributed by atoms with E-state index in [1.54, 1.807) is 6.20 Å². The van der Waals surface area contributed by atoms with Gasteiger partial charge in [0.1, 0.15) is 0 Å². The monoisotopic (exact) mass is 98.1 g/mol. The lowest BCUT2D eigenvalue weighted by Gasteiger charge is -2.04. The normalized spacial score (nSPS) is 17.0. The van der Waals surface area contributed by atoms with Crippen molar-refractivity contribution in [1.82, 2.24) is 11.0 Å². The van der Waals surface area contributed by atoms with Crippen LogP contribution in [-0.4, -0.2) is 0 Å². The summed E-state index contributed by atoms with van der Waals surface area (Å²) in [6, 6.07) is 0. The van der Waals surface area contributed by atoms with Crippen LogP contribution in [-0.2, 0) is 0 Å². The van der Waals surface area contributed by atoms with Gasteiger partial charge in [0.25, 0.3) is 0 Å². The van der Waals surface area contributed by atoms with E-state index >= 15 is 0 Å². The lowest BCUT2D eigenvalue weighted by molar-refractivity contribution is 0.578. The van der Waals surface area contributed by atoms with E-state index < -0.39 is 0 Å². The molecule has 0 saturated carbocycles. The minimum absolute atomic E-state index is 0.968. The van der Waals surface area contributed by atoms with Crippen molar-refractivity contribution in [1.29, 1.82) is 0 Å². The molecule has 0 unspecified atom stereocenters. The molecular formula is C3H6N4. The molecule has 0 aromatic heterocycles. The zero-order valence-electron chi connectivity index (χ0n) is 3.97. The SMILES string of the molecule is CC1=CN=NNN1. The number of allylic oxidation sites excluding steroid dienone is 1. The largest absolute Gasteiger partial charge is 0.287 e. The van der Waals surface area contributed by atoms with Crippen LogP contribution in [0, 0.1) is 0 Å². The molecule has 0 aliphatic carbocycles. The summed E-state index contributed by atoms with van der Waals surface area (Å²) in [6.07, 6.45) is 1.64. The van der Waals surface area contributed by atoms with Gasteiger partial charge in [-0.05, 0) is 6.92 Å². The van der Waals surface area contributed by atoms with Crippen molar-refractivity contribution in [2.75, 3.05) is 0 Å². The van der Waals surface area contributed by atoms with Crippen molar-refractivity contribution in [3.63, 3.8) is 0 Å². The van der Waals surface area contributed by atoms with Gasteiger partial charge in [-0.3, -0.25) is 5.43 Å². The van der Waals surface area contributed by atoms with E-state index in [2.05, 4.69) is 21.3 Å². The number of nitrogens with zero attached hydrogens (tertiary/aromatic N) is 2. The van der Waals surface area contributed by atoms with Gasteiger partial charge < -0.3 is 0 Å². The highest BCUT2D eigenvalue weighted by Crippen LogP contribution is 1.88. The van der Waals surface area contributed by atoms with Crippen molar-refractivity contribution in [3.05, 3.63) is 11.9 Å². The Kier molecular flexibility index (Phi) is 0.934. The van der Waals surface area contributed by atoms with Crippen molar-refractivity contribution in [3.8, 4) is 0 Å². The molecule has 1 aliphatic heterocycles. The first kappa shape index (κ1) is 4.11. The summed E-state index contributed by atoms with van der Waals surface area (Å²) in [5.74, 6) is 0. The Balaban J connectivity index is 2.57. The zero-order chi connectivity index (χ0) is 5.11. The average molecular weight is 98.1 g/mol. The maximum absolute atomic E-state index is 3.55. The average Bonchev–Trinajstić information content (AvgIpc) is 1.69. The van der Waals surface area contributed by atoms with E-state index in [9.17, 15) is 0 Å². The Labute approximate surface area is 41.3 Å². The van der Waals surface area contributed by atoms with Crippen LogP contribution < -0.4 is 11.0 Å². The predicted molar refractivity (Wildman–Crippen MR) is 24.9 cm³/mol. The second-order valence-electron chi connectivity index (χ2n) is 1.26. The number of nitrogens with one attached hydrogen (secondary N) is 2. The lowest BCUT2D eigenvalue weighted by Crippen LogP contribution is -2.25. The van der Waals surface area contributed by atoms with Crippen LogP contribution in [0.4, 0.5) is 0 Å². The number of hydrogen-bond acceptors (Lipinski definition) is 4. The van der Waals surface area contributed by atoms with Crippen molar-refractivity contribution < 1.29 is 0 Å². The quantitative estimate of drug-likeness (QED) is 0.458. The molecule has 1 heterocycles. The summed E-state index contributed by atoms with van der Waals surface area (Å²) in [5, 5.41) is 6.96. The minimum Gasteiger partial charge on any atom is -0.287 e. The highest BCUT2D eigenvalue weighted by Gasteiger charge is 1.85. The third kappa shape index (κ3) is 0.887. The highest BCUT2D eigenvalue weighted by molar-refractivity contribution is 4.92. The molecule has 1 aliphatic rings. The fraction of sp³-hybridized carbons (Fsp3) is 0.333. The maximum atomic E-state index is 3.55. The molecule has 0 bridgehead atoms. The second-order valence-corrected chi connectivity index (χ2v) is 1.26. The van der Waals surface area contributed by atoms with Crippen LogP contribution in [0.2, 0.25) is 0 Å². The number of hydrazine groups is 1. The van der Waals surface area contributed by atoms with Gasteiger partial charge in [-0.25, -0.2) is 5.53 Å². The summed E-state index contributed by atoms with van der Waals surface area (Å²) in [5.41, 5.74) is 6.17. The molecule has 4 nitrogen and oxygen atoms in total. The third-order valence-corrected chi connectivity index (χ3v) is 0.612. The van der Waals surface area contributed by atoms with Gasteiger partial charge in [-0.15, -0.1) is 5.11 Å². The van der Waals surface area contributed by atoms with Gasteiger partial charge in [-0.2, -0.15) is 0 Å². The van der Waals surface area contributed by atoms with Crippen LogP contribution in [0.15, 0.2) is 22.2 Å². The molecule has 1 rings (SSSR count). The van der Waals surface area contributed by atoms with Crippen LogP contribution in [0.1, 0.15) is 6.92 Å². The summed E-state index contributed by atoms with van der Waals surface area (Å²) < 4.78 is 0. The molecule has 0 radical (unpaired) electrons. The van der Waals surface area contributed by atoms with Crippen molar-refractivity contribution >= 4 is 0 Å². The fourth-order valence-corrected chi connectivity index (χ4v) is 0.290. The Hall–Kier alpha value is -1.06. The Bertz CT molecular complexity index is 114. The molecule has 2 N–H and O–H groups in total. The summed E-state index contributed by atoms with van der Waals surface area (Å²) in [6.45, 7) is 1.89. The first-order chi connectivity index (χ1) is 3.39. The van der Waals surface area contributed by atoms with Crippen LogP contribution in [0.25, 0.3) is 0 Å². The van der Waals surface area contributed by atoms with E-state index in [0.717, 1.165) is 5.70 Å². The van der Waals surface area contributed by atoms with Gasteiger partial charge in [0, 0.05) is 0 Å². The van der Waals surface area contributed by atoms with E-state index in [1.165, 1.54) is 0 Å². The highest BCUT2D eigenvalue weighted by atomic mass is 15.6. The van der Waals surface area contributed by atoms with Crippen LogP contribution in [0.5, 0.6) is 0 Å². The standard InChI is InChI=1S/C3H6N4/c1-3-2-4-6-7-5-3/h2H,1H3,(H,4,7)(H,5,6). The van der Waals surface area contributed by atoms with Gasteiger partial charge in [0.15, 0.2) is 0 Å². The van der Waals surface area contributed by atoms with E-state index in [-0.39, 0.29) is 0 Å². The Morgan fingerprint density at radius 1 is 1.71 bits per heavy atom. The minimum atomic E-state index is 0.968. The summed E-state index contributed by atoms with van der Waals surface area (Å²) >= 11 is 0. The third-order valence-electron chi connectivity index (χ3n) is 0.612. The van der Waals surface area contributed by atoms with Crippen LogP contribution >= 0.6 is 0 Å². The predicted octanol–water partition coefficient (Wildman–Crippen LogP) is 0.323. The molecule has 0 amide bonds. The maximum Gasteiger partial charge on any atom is 0.0719 e. The Morgan fingerprint density at radius 2 is 2.57 bits per heavy atom. The molecule has 0 saturated heterocycles.